The number of hydrogen-bond acceptors (Lipinski definition) is 4. The van der Waals surface area contributed by atoms with Crippen molar-refractivity contribution < 1.29 is 4.79 Å². The Hall–Kier alpha value is -0.940. The first kappa shape index (κ1) is 8.65. The molecule has 0 spiro atoms. The van der Waals surface area contributed by atoms with Gasteiger partial charge < -0.3 is 10.6 Å². The Morgan fingerprint density at radius 2 is 2.69 bits per heavy atom. The van der Waals surface area contributed by atoms with E-state index in [2.05, 4.69) is 15.6 Å². The minimum absolute atomic E-state index is 0.0242. The SMILES string of the molecule is O=C(Nc1nccs1)[C@H]1CCCN1. The molecule has 0 aliphatic carbocycles. The molecular formula is C8H11N3OS. The summed E-state index contributed by atoms with van der Waals surface area (Å²) >= 11 is 1.44. The molecule has 2 heterocycles. The van der Waals surface area contributed by atoms with Gasteiger partial charge in [-0.1, -0.05) is 0 Å². The molecule has 0 unspecified atom stereocenters. The molecule has 0 radical (unpaired) electrons. The Morgan fingerprint density at radius 3 is 3.31 bits per heavy atom. The maximum absolute atomic E-state index is 11.5. The summed E-state index contributed by atoms with van der Waals surface area (Å²) < 4.78 is 0. The Kier molecular flexibility index (Phi) is 2.56. The number of carbonyl (C=O) groups excluding carboxylic acids is 1. The zero-order valence-corrected chi connectivity index (χ0v) is 7.93. The normalized spacial score (nSPS) is 21.7. The quantitative estimate of drug-likeness (QED) is 0.738. The van der Waals surface area contributed by atoms with Gasteiger partial charge in [0.15, 0.2) is 5.13 Å². The molecule has 2 rings (SSSR count). The number of thiazole rings is 1. The summed E-state index contributed by atoms with van der Waals surface area (Å²) in [6, 6.07) is -0.0242. The number of nitrogens with one attached hydrogen (secondary N) is 2. The molecule has 0 aromatic carbocycles. The van der Waals surface area contributed by atoms with Crippen LogP contribution < -0.4 is 10.6 Å². The van der Waals surface area contributed by atoms with Crippen molar-refractivity contribution in [2.75, 3.05) is 11.9 Å². The topological polar surface area (TPSA) is 54.0 Å². The highest BCUT2D eigenvalue weighted by atomic mass is 32.1. The molecule has 1 saturated heterocycles. The molecule has 4 nitrogen and oxygen atoms in total. The van der Waals surface area contributed by atoms with Gasteiger partial charge in [0.2, 0.25) is 5.91 Å². The summed E-state index contributed by atoms with van der Waals surface area (Å²) in [5.74, 6) is 0.0347. The van der Waals surface area contributed by atoms with Gasteiger partial charge in [-0.25, -0.2) is 4.98 Å². The van der Waals surface area contributed by atoms with Crippen molar-refractivity contribution in [1.82, 2.24) is 10.3 Å². The molecule has 0 saturated carbocycles. The first-order valence-corrected chi connectivity index (χ1v) is 5.18. The fraction of sp³-hybridized carbons (Fsp3) is 0.500. The average Bonchev–Trinajstić information content (AvgIpc) is 2.74. The Balaban J connectivity index is 1.91. The fourth-order valence-electron chi connectivity index (χ4n) is 1.39. The van der Waals surface area contributed by atoms with Gasteiger partial charge in [-0.3, -0.25) is 4.79 Å². The molecule has 1 aliphatic rings. The van der Waals surface area contributed by atoms with Crippen molar-refractivity contribution in [2.45, 2.75) is 18.9 Å². The number of nitrogens with zero attached hydrogens (tertiary/aromatic N) is 1. The first-order chi connectivity index (χ1) is 6.36. The minimum Gasteiger partial charge on any atom is -0.306 e. The zero-order chi connectivity index (χ0) is 9.10. The van der Waals surface area contributed by atoms with E-state index >= 15 is 0 Å². The van der Waals surface area contributed by atoms with Crippen LogP contribution in [-0.2, 0) is 4.79 Å². The van der Waals surface area contributed by atoms with E-state index in [1.54, 1.807) is 6.20 Å². The zero-order valence-electron chi connectivity index (χ0n) is 7.12. The van der Waals surface area contributed by atoms with Crippen LogP contribution in [0.25, 0.3) is 0 Å². The largest absolute Gasteiger partial charge is 0.306 e. The van der Waals surface area contributed by atoms with E-state index in [-0.39, 0.29) is 11.9 Å². The van der Waals surface area contributed by atoms with Crippen LogP contribution in [0.1, 0.15) is 12.8 Å². The monoisotopic (exact) mass is 197 g/mol. The predicted octanol–water partition coefficient (Wildman–Crippen LogP) is 0.834. The van der Waals surface area contributed by atoms with Crippen molar-refractivity contribution in [1.29, 1.82) is 0 Å². The van der Waals surface area contributed by atoms with Crippen LogP contribution in [0.5, 0.6) is 0 Å². The van der Waals surface area contributed by atoms with Crippen molar-refractivity contribution in [3.63, 3.8) is 0 Å². The lowest BCUT2D eigenvalue weighted by Gasteiger charge is -2.08. The summed E-state index contributed by atoms with van der Waals surface area (Å²) in [5.41, 5.74) is 0. The van der Waals surface area contributed by atoms with Gasteiger partial charge in [0.25, 0.3) is 0 Å². The summed E-state index contributed by atoms with van der Waals surface area (Å²) in [6.07, 6.45) is 3.69. The second kappa shape index (κ2) is 3.85. The number of anilines is 1. The lowest BCUT2D eigenvalue weighted by molar-refractivity contribution is -0.117. The standard InChI is InChI=1S/C8H11N3OS/c12-7(6-2-1-3-9-6)11-8-10-4-5-13-8/h4-6,9H,1-3H2,(H,10,11,12)/t6-/m1/s1. The van der Waals surface area contributed by atoms with Crippen LogP contribution in [0.2, 0.25) is 0 Å². The van der Waals surface area contributed by atoms with Crippen molar-refractivity contribution in [3.8, 4) is 0 Å². The van der Waals surface area contributed by atoms with E-state index in [9.17, 15) is 4.79 Å². The molecule has 0 bridgehead atoms. The van der Waals surface area contributed by atoms with Gasteiger partial charge in [0.05, 0.1) is 6.04 Å². The number of amides is 1. The number of rotatable bonds is 2. The minimum atomic E-state index is -0.0242. The third-order valence-corrected chi connectivity index (χ3v) is 2.73. The maximum atomic E-state index is 11.5. The highest BCUT2D eigenvalue weighted by molar-refractivity contribution is 7.13. The van der Waals surface area contributed by atoms with Crippen LogP contribution in [0.15, 0.2) is 11.6 Å². The van der Waals surface area contributed by atoms with E-state index < -0.39 is 0 Å². The van der Waals surface area contributed by atoms with Gasteiger partial charge in [-0.15, -0.1) is 11.3 Å². The van der Waals surface area contributed by atoms with Crippen LogP contribution in [-0.4, -0.2) is 23.5 Å². The highest BCUT2D eigenvalue weighted by Crippen LogP contribution is 2.12. The molecular weight excluding hydrogens is 186 g/mol. The van der Waals surface area contributed by atoms with Crippen LogP contribution in [0.3, 0.4) is 0 Å². The molecule has 1 aliphatic heterocycles. The average molecular weight is 197 g/mol. The van der Waals surface area contributed by atoms with Crippen molar-refractivity contribution >= 4 is 22.4 Å². The molecule has 13 heavy (non-hydrogen) atoms. The van der Waals surface area contributed by atoms with Gasteiger partial charge in [-0.05, 0) is 19.4 Å². The molecule has 70 valence electrons. The summed E-state index contributed by atoms with van der Waals surface area (Å²) in [5, 5.41) is 8.43. The van der Waals surface area contributed by atoms with Gasteiger partial charge >= 0.3 is 0 Å². The lowest BCUT2D eigenvalue weighted by atomic mass is 10.2. The second-order valence-corrected chi connectivity index (χ2v) is 3.87. The predicted molar refractivity (Wildman–Crippen MR) is 51.8 cm³/mol. The van der Waals surface area contributed by atoms with Crippen molar-refractivity contribution in [2.24, 2.45) is 0 Å². The molecule has 1 aromatic rings. The summed E-state index contributed by atoms with van der Waals surface area (Å²) in [4.78, 5) is 15.5. The van der Waals surface area contributed by atoms with Crippen LogP contribution in [0, 0.1) is 0 Å². The third-order valence-electron chi connectivity index (χ3n) is 2.04. The maximum Gasteiger partial charge on any atom is 0.243 e. The molecule has 1 atom stereocenters. The van der Waals surface area contributed by atoms with Gasteiger partial charge in [0.1, 0.15) is 0 Å². The van der Waals surface area contributed by atoms with E-state index in [1.165, 1.54) is 11.3 Å². The van der Waals surface area contributed by atoms with Crippen LogP contribution in [0.4, 0.5) is 5.13 Å². The smallest absolute Gasteiger partial charge is 0.243 e. The van der Waals surface area contributed by atoms with E-state index in [4.69, 9.17) is 0 Å². The Bertz CT molecular complexity index is 280. The molecule has 1 fully saturated rings. The van der Waals surface area contributed by atoms with E-state index in [0.29, 0.717) is 5.13 Å². The summed E-state index contributed by atoms with van der Waals surface area (Å²) in [6.45, 7) is 0.940. The number of aromatic nitrogens is 1. The molecule has 2 N–H and O–H groups in total. The Morgan fingerprint density at radius 1 is 1.77 bits per heavy atom. The number of carbonyl (C=O) groups is 1. The fourth-order valence-corrected chi connectivity index (χ4v) is 1.92. The third kappa shape index (κ3) is 2.05. The van der Waals surface area contributed by atoms with Crippen LogP contribution >= 0.6 is 11.3 Å². The molecule has 1 amide bonds. The Labute approximate surface area is 80.4 Å². The van der Waals surface area contributed by atoms with Crippen molar-refractivity contribution in [3.05, 3.63) is 11.6 Å². The highest BCUT2D eigenvalue weighted by Gasteiger charge is 2.22. The van der Waals surface area contributed by atoms with Gasteiger partial charge in [-0.2, -0.15) is 0 Å². The van der Waals surface area contributed by atoms with E-state index in [0.717, 1.165) is 19.4 Å². The second-order valence-electron chi connectivity index (χ2n) is 2.98. The molecule has 5 heteroatoms. The first-order valence-electron chi connectivity index (χ1n) is 4.30. The molecule has 1 aromatic heterocycles. The lowest BCUT2D eigenvalue weighted by Crippen LogP contribution is -2.35. The number of hydrogen-bond donors (Lipinski definition) is 2. The summed E-state index contributed by atoms with van der Waals surface area (Å²) in [7, 11) is 0. The van der Waals surface area contributed by atoms with E-state index in [1.807, 2.05) is 5.38 Å². The van der Waals surface area contributed by atoms with Gasteiger partial charge in [0, 0.05) is 11.6 Å².